The number of hydrogen-bond acceptors (Lipinski definition) is 3. The van der Waals surface area contributed by atoms with Crippen LogP contribution in [0.5, 0.6) is 0 Å². The predicted molar refractivity (Wildman–Crippen MR) is 75.7 cm³/mol. The van der Waals surface area contributed by atoms with Gasteiger partial charge in [0.1, 0.15) is 0 Å². The van der Waals surface area contributed by atoms with Gasteiger partial charge in [0.15, 0.2) is 9.84 Å². The molecule has 4 unspecified atom stereocenters. The topological polar surface area (TPSA) is 46.2 Å². The molecule has 104 valence electrons. The summed E-state index contributed by atoms with van der Waals surface area (Å²) in [6.45, 7) is 4.55. The molecule has 1 fully saturated rings. The molecule has 1 N–H and O–H groups in total. The van der Waals surface area contributed by atoms with E-state index >= 15 is 0 Å². The predicted octanol–water partition coefficient (Wildman–Crippen LogP) is 2.54. The van der Waals surface area contributed by atoms with Crippen molar-refractivity contribution in [3.8, 4) is 0 Å². The summed E-state index contributed by atoms with van der Waals surface area (Å²) in [5.74, 6) is 1.56. The van der Waals surface area contributed by atoms with E-state index in [1.807, 2.05) is 12.1 Å². The molecule has 1 heterocycles. The quantitative estimate of drug-likeness (QED) is 0.905. The van der Waals surface area contributed by atoms with Crippen LogP contribution >= 0.6 is 0 Å². The zero-order valence-electron chi connectivity index (χ0n) is 11.5. The molecule has 2 aliphatic rings. The Balaban J connectivity index is 1.85. The van der Waals surface area contributed by atoms with E-state index in [-0.39, 0.29) is 11.8 Å². The summed E-state index contributed by atoms with van der Waals surface area (Å²) in [6.07, 6.45) is 2.39. The number of nitrogens with one attached hydrogen (secondary N) is 1. The minimum atomic E-state index is -3.09. The summed E-state index contributed by atoms with van der Waals surface area (Å²) in [4.78, 5) is 0.520. The Bertz CT molecular complexity index is 582. The van der Waals surface area contributed by atoms with Gasteiger partial charge in [-0.25, -0.2) is 8.42 Å². The van der Waals surface area contributed by atoms with E-state index in [0.717, 1.165) is 17.9 Å². The van der Waals surface area contributed by atoms with Gasteiger partial charge in [-0.1, -0.05) is 32.0 Å². The average Bonchev–Trinajstić information content (AvgIpc) is 2.82. The highest BCUT2D eigenvalue weighted by molar-refractivity contribution is 7.91. The van der Waals surface area contributed by atoms with Crippen LogP contribution in [-0.2, 0) is 9.84 Å². The third-order valence-corrected chi connectivity index (χ3v) is 6.71. The lowest BCUT2D eigenvalue weighted by atomic mass is 9.96. The van der Waals surface area contributed by atoms with E-state index in [1.54, 1.807) is 12.1 Å². The van der Waals surface area contributed by atoms with Crippen LogP contribution in [-0.4, -0.2) is 20.2 Å². The van der Waals surface area contributed by atoms with Gasteiger partial charge in [0.2, 0.25) is 0 Å². The maximum absolute atomic E-state index is 12.1. The minimum absolute atomic E-state index is 0.0288. The second-order valence-electron chi connectivity index (χ2n) is 6.06. The number of rotatable bonds is 2. The van der Waals surface area contributed by atoms with Crippen molar-refractivity contribution in [1.29, 1.82) is 0 Å². The molecule has 4 heteroatoms. The van der Waals surface area contributed by atoms with Crippen LogP contribution in [0.3, 0.4) is 0 Å². The molecule has 1 aliphatic carbocycles. The molecule has 0 saturated heterocycles. The standard InChI is InChI=1S/C15H21NO2S/c1-10-7-8-13(11(10)2)16-14-9-19(17,18)15-6-4-3-5-12(14)15/h3-6,10-11,13-14,16H,7-9H2,1-2H3. The van der Waals surface area contributed by atoms with E-state index in [2.05, 4.69) is 19.2 Å². The molecule has 3 nitrogen and oxygen atoms in total. The normalized spacial score (nSPS) is 36.3. The Morgan fingerprint density at radius 2 is 1.89 bits per heavy atom. The Hall–Kier alpha value is -0.870. The van der Waals surface area contributed by atoms with Crippen LogP contribution in [0.15, 0.2) is 29.2 Å². The average molecular weight is 279 g/mol. The molecule has 0 bridgehead atoms. The molecular formula is C15H21NO2S. The summed E-state index contributed by atoms with van der Waals surface area (Å²) < 4.78 is 24.3. The Labute approximate surface area is 115 Å². The molecule has 19 heavy (non-hydrogen) atoms. The fraction of sp³-hybridized carbons (Fsp3) is 0.600. The summed E-state index contributed by atoms with van der Waals surface area (Å²) in [5, 5.41) is 3.59. The van der Waals surface area contributed by atoms with Crippen LogP contribution in [0.1, 0.15) is 38.3 Å². The van der Waals surface area contributed by atoms with E-state index in [0.29, 0.717) is 16.9 Å². The first-order valence-corrected chi connectivity index (χ1v) is 8.72. The van der Waals surface area contributed by atoms with Gasteiger partial charge >= 0.3 is 0 Å². The van der Waals surface area contributed by atoms with Crippen LogP contribution in [0.4, 0.5) is 0 Å². The van der Waals surface area contributed by atoms with Crippen molar-refractivity contribution in [1.82, 2.24) is 5.32 Å². The van der Waals surface area contributed by atoms with E-state index in [1.165, 1.54) is 6.42 Å². The fourth-order valence-corrected chi connectivity index (χ4v) is 5.20. The first-order valence-electron chi connectivity index (χ1n) is 7.07. The lowest BCUT2D eigenvalue weighted by Crippen LogP contribution is -2.36. The van der Waals surface area contributed by atoms with Crippen LogP contribution < -0.4 is 5.32 Å². The summed E-state index contributed by atoms with van der Waals surface area (Å²) >= 11 is 0. The summed E-state index contributed by atoms with van der Waals surface area (Å²) in [7, 11) is -3.09. The van der Waals surface area contributed by atoms with Gasteiger partial charge in [-0.2, -0.15) is 0 Å². The van der Waals surface area contributed by atoms with E-state index < -0.39 is 9.84 Å². The largest absolute Gasteiger partial charge is 0.306 e. The summed E-state index contributed by atoms with van der Waals surface area (Å²) in [5.41, 5.74) is 0.953. The zero-order chi connectivity index (χ0) is 13.6. The molecule has 1 aromatic rings. The monoisotopic (exact) mass is 279 g/mol. The van der Waals surface area contributed by atoms with Gasteiger partial charge in [0.05, 0.1) is 10.6 Å². The molecule has 0 aromatic heterocycles. The van der Waals surface area contributed by atoms with Gasteiger partial charge in [-0.05, 0) is 36.3 Å². The third kappa shape index (κ3) is 2.21. The Morgan fingerprint density at radius 1 is 1.16 bits per heavy atom. The molecular weight excluding hydrogens is 258 g/mol. The highest BCUT2D eigenvalue weighted by atomic mass is 32.2. The second kappa shape index (κ2) is 4.60. The lowest BCUT2D eigenvalue weighted by molar-refractivity contribution is 0.348. The van der Waals surface area contributed by atoms with Crippen molar-refractivity contribution < 1.29 is 8.42 Å². The van der Waals surface area contributed by atoms with E-state index in [4.69, 9.17) is 0 Å². The van der Waals surface area contributed by atoms with Crippen LogP contribution in [0.25, 0.3) is 0 Å². The minimum Gasteiger partial charge on any atom is -0.306 e. The number of sulfone groups is 1. The number of benzene rings is 1. The Morgan fingerprint density at radius 3 is 2.58 bits per heavy atom. The van der Waals surface area contributed by atoms with Crippen molar-refractivity contribution in [2.45, 2.75) is 43.7 Å². The van der Waals surface area contributed by atoms with Gasteiger partial charge in [-0.15, -0.1) is 0 Å². The number of hydrogen-bond donors (Lipinski definition) is 1. The maximum atomic E-state index is 12.1. The zero-order valence-corrected chi connectivity index (χ0v) is 12.3. The van der Waals surface area contributed by atoms with Crippen molar-refractivity contribution in [2.75, 3.05) is 5.75 Å². The third-order valence-electron chi connectivity index (χ3n) is 4.90. The van der Waals surface area contributed by atoms with Gasteiger partial charge in [0.25, 0.3) is 0 Å². The second-order valence-corrected chi connectivity index (χ2v) is 8.06. The Kier molecular flexibility index (Phi) is 3.18. The fourth-order valence-electron chi connectivity index (χ4n) is 3.45. The molecule has 0 amide bonds. The molecule has 1 aromatic carbocycles. The highest BCUT2D eigenvalue weighted by Gasteiger charge is 2.38. The van der Waals surface area contributed by atoms with Gasteiger partial charge < -0.3 is 5.32 Å². The molecule has 0 radical (unpaired) electrons. The smallest absolute Gasteiger partial charge is 0.180 e. The van der Waals surface area contributed by atoms with Crippen molar-refractivity contribution in [2.24, 2.45) is 11.8 Å². The first-order chi connectivity index (χ1) is 8.99. The van der Waals surface area contributed by atoms with Crippen molar-refractivity contribution in [3.63, 3.8) is 0 Å². The molecule has 4 atom stereocenters. The molecule has 3 rings (SSSR count). The van der Waals surface area contributed by atoms with Crippen LogP contribution in [0.2, 0.25) is 0 Å². The lowest BCUT2D eigenvalue weighted by Gasteiger charge is -2.23. The van der Waals surface area contributed by atoms with Gasteiger partial charge in [-0.3, -0.25) is 0 Å². The van der Waals surface area contributed by atoms with Crippen molar-refractivity contribution >= 4 is 9.84 Å². The molecule has 0 spiro atoms. The van der Waals surface area contributed by atoms with Crippen molar-refractivity contribution in [3.05, 3.63) is 29.8 Å². The maximum Gasteiger partial charge on any atom is 0.180 e. The molecule has 1 saturated carbocycles. The van der Waals surface area contributed by atoms with Gasteiger partial charge in [0, 0.05) is 12.1 Å². The van der Waals surface area contributed by atoms with Crippen LogP contribution in [0, 0.1) is 11.8 Å². The highest BCUT2D eigenvalue weighted by Crippen LogP contribution is 2.37. The van der Waals surface area contributed by atoms with E-state index in [9.17, 15) is 8.42 Å². The molecule has 1 aliphatic heterocycles. The first kappa shape index (κ1) is 13.1. The summed E-state index contributed by atoms with van der Waals surface area (Å²) in [6, 6.07) is 7.82. The number of fused-ring (bicyclic) bond motifs is 1. The SMILES string of the molecule is CC1CCC(NC2CS(=O)(=O)c3ccccc32)C1C.